The highest BCUT2D eigenvalue weighted by Crippen LogP contribution is 2.38. The van der Waals surface area contributed by atoms with Gasteiger partial charge in [-0.25, -0.2) is 0 Å². The Balaban J connectivity index is 0.00000220. The van der Waals surface area contributed by atoms with Crippen LogP contribution < -0.4 is 20.5 Å². The van der Waals surface area contributed by atoms with Gasteiger partial charge in [0.15, 0.2) is 11.5 Å². The second-order valence-electron chi connectivity index (χ2n) is 3.95. The van der Waals surface area contributed by atoms with Gasteiger partial charge in [0.2, 0.25) is 12.7 Å². The molecule has 0 spiro atoms. The normalized spacial score (nSPS) is 12.7. The van der Waals surface area contributed by atoms with E-state index in [0.29, 0.717) is 11.5 Å². The molecule has 21 heavy (non-hydrogen) atoms. The standard InChI is InChI=1S/C11H11F3N2O4.ClH/c12-11(13,14)4-18-3-10(17)16-7-2-9-8(1-6(7)15)19-5-20-9;/h1-2H,3-5,15H2,(H,16,17);1H. The molecule has 0 aromatic heterocycles. The zero-order chi connectivity index (χ0) is 14.8. The summed E-state index contributed by atoms with van der Waals surface area (Å²) in [4.78, 5) is 11.4. The number of halogens is 4. The Morgan fingerprint density at radius 3 is 2.57 bits per heavy atom. The Labute approximate surface area is 123 Å². The van der Waals surface area contributed by atoms with Crippen LogP contribution in [-0.4, -0.2) is 32.1 Å². The number of nitrogens with two attached hydrogens (primary N) is 1. The molecule has 1 amide bonds. The Hall–Kier alpha value is -1.87. The molecule has 0 saturated carbocycles. The Bertz CT molecular complexity index is 525. The number of hydrogen-bond donors (Lipinski definition) is 2. The molecule has 1 aliphatic rings. The molecular weight excluding hydrogens is 317 g/mol. The minimum Gasteiger partial charge on any atom is -0.454 e. The number of alkyl halides is 3. The summed E-state index contributed by atoms with van der Waals surface area (Å²) in [5.41, 5.74) is 6.09. The number of benzene rings is 1. The van der Waals surface area contributed by atoms with Crippen molar-refractivity contribution >= 4 is 29.7 Å². The molecule has 118 valence electrons. The first kappa shape index (κ1) is 17.2. The lowest BCUT2D eigenvalue weighted by molar-refractivity contribution is -0.174. The van der Waals surface area contributed by atoms with Crippen LogP contribution in [0.4, 0.5) is 24.5 Å². The summed E-state index contributed by atoms with van der Waals surface area (Å²) < 4.78 is 49.9. The van der Waals surface area contributed by atoms with Gasteiger partial charge >= 0.3 is 6.18 Å². The smallest absolute Gasteiger partial charge is 0.411 e. The average Bonchev–Trinajstić information content (AvgIpc) is 2.74. The average molecular weight is 329 g/mol. The second kappa shape index (κ2) is 6.72. The second-order valence-corrected chi connectivity index (χ2v) is 3.95. The van der Waals surface area contributed by atoms with Gasteiger partial charge in [0.1, 0.15) is 13.2 Å². The van der Waals surface area contributed by atoms with Crippen molar-refractivity contribution in [3.8, 4) is 11.5 Å². The van der Waals surface area contributed by atoms with Crippen molar-refractivity contribution in [2.24, 2.45) is 0 Å². The van der Waals surface area contributed by atoms with Gasteiger partial charge in [-0.3, -0.25) is 4.79 Å². The summed E-state index contributed by atoms with van der Waals surface area (Å²) in [7, 11) is 0. The lowest BCUT2D eigenvalue weighted by Crippen LogP contribution is -2.24. The van der Waals surface area contributed by atoms with Crippen molar-refractivity contribution in [3.05, 3.63) is 12.1 Å². The van der Waals surface area contributed by atoms with E-state index in [-0.39, 0.29) is 30.6 Å². The SMILES string of the molecule is Cl.Nc1cc2c(cc1NC(=O)COCC(F)(F)F)OCO2. The van der Waals surface area contributed by atoms with Gasteiger partial charge in [0, 0.05) is 12.1 Å². The van der Waals surface area contributed by atoms with Gasteiger partial charge in [-0.2, -0.15) is 13.2 Å². The van der Waals surface area contributed by atoms with Gasteiger partial charge in [0.25, 0.3) is 0 Å². The number of rotatable bonds is 4. The largest absolute Gasteiger partial charge is 0.454 e. The Morgan fingerprint density at radius 1 is 1.33 bits per heavy atom. The van der Waals surface area contributed by atoms with Crippen LogP contribution in [0.1, 0.15) is 0 Å². The van der Waals surface area contributed by atoms with E-state index in [2.05, 4.69) is 10.1 Å². The van der Waals surface area contributed by atoms with Crippen LogP contribution in [0.25, 0.3) is 0 Å². The monoisotopic (exact) mass is 328 g/mol. The summed E-state index contributed by atoms with van der Waals surface area (Å²) in [6.07, 6.45) is -4.47. The van der Waals surface area contributed by atoms with Crippen molar-refractivity contribution < 1.29 is 32.2 Å². The summed E-state index contributed by atoms with van der Waals surface area (Å²) in [6, 6.07) is 2.88. The predicted octanol–water partition coefficient (Wildman–Crippen LogP) is 1.94. The summed E-state index contributed by atoms with van der Waals surface area (Å²) in [5.74, 6) is 0.0827. The molecular formula is C11H12ClF3N2O4. The van der Waals surface area contributed by atoms with E-state index in [1.807, 2.05) is 0 Å². The fraction of sp³-hybridized carbons (Fsp3) is 0.364. The van der Waals surface area contributed by atoms with Gasteiger partial charge in [-0.05, 0) is 0 Å². The Kier molecular flexibility index (Phi) is 5.50. The summed E-state index contributed by atoms with van der Waals surface area (Å²) in [6.45, 7) is -2.18. The molecule has 10 heteroatoms. The molecule has 3 N–H and O–H groups in total. The van der Waals surface area contributed by atoms with Crippen LogP contribution in [0.5, 0.6) is 11.5 Å². The van der Waals surface area contributed by atoms with Crippen LogP contribution in [0.3, 0.4) is 0 Å². The topological polar surface area (TPSA) is 82.8 Å². The van der Waals surface area contributed by atoms with Crippen molar-refractivity contribution in [2.75, 3.05) is 31.1 Å². The molecule has 0 fully saturated rings. The number of fused-ring (bicyclic) bond motifs is 1. The maximum absolute atomic E-state index is 11.8. The quantitative estimate of drug-likeness (QED) is 0.825. The lowest BCUT2D eigenvalue weighted by atomic mass is 10.2. The first-order valence-corrected chi connectivity index (χ1v) is 5.48. The van der Waals surface area contributed by atoms with Gasteiger partial charge in [0.05, 0.1) is 11.4 Å². The minimum atomic E-state index is -4.47. The van der Waals surface area contributed by atoms with Crippen molar-refractivity contribution in [2.45, 2.75) is 6.18 Å². The summed E-state index contributed by atoms with van der Waals surface area (Å²) in [5, 5.41) is 2.33. The zero-order valence-electron chi connectivity index (χ0n) is 10.5. The van der Waals surface area contributed by atoms with Gasteiger partial charge < -0.3 is 25.3 Å². The van der Waals surface area contributed by atoms with E-state index in [4.69, 9.17) is 15.2 Å². The number of nitrogens with one attached hydrogen (secondary N) is 1. The molecule has 1 heterocycles. The fourth-order valence-electron chi connectivity index (χ4n) is 1.51. The number of carbonyl (C=O) groups excluding carboxylic acids is 1. The molecule has 1 aromatic carbocycles. The number of nitrogen functional groups attached to an aromatic ring is 1. The molecule has 0 radical (unpaired) electrons. The number of amides is 1. The van der Waals surface area contributed by atoms with E-state index in [1.54, 1.807) is 0 Å². The van der Waals surface area contributed by atoms with Gasteiger partial charge in [-0.15, -0.1) is 12.4 Å². The lowest BCUT2D eigenvalue weighted by Gasteiger charge is -2.10. The van der Waals surface area contributed by atoms with Crippen LogP contribution >= 0.6 is 12.4 Å². The maximum Gasteiger partial charge on any atom is 0.411 e. The first-order valence-electron chi connectivity index (χ1n) is 5.48. The minimum absolute atomic E-state index is 0. The third kappa shape index (κ3) is 4.87. The molecule has 0 bridgehead atoms. The molecule has 0 atom stereocenters. The van der Waals surface area contributed by atoms with Crippen molar-refractivity contribution in [3.63, 3.8) is 0 Å². The highest BCUT2D eigenvalue weighted by molar-refractivity contribution is 5.95. The molecule has 2 rings (SSSR count). The predicted molar refractivity (Wildman–Crippen MR) is 69.7 cm³/mol. The maximum atomic E-state index is 11.8. The highest BCUT2D eigenvalue weighted by atomic mass is 35.5. The van der Waals surface area contributed by atoms with Crippen LogP contribution in [0, 0.1) is 0 Å². The van der Waals surface area contributed by atoms with Gasteiger partial charge in [-0.1, -0.05) is 0 Å². The number of carbonyl (C=O) groups is 1. The third-order valence-electron chi connectivity index (χ3n) is 2.32. The van der Waals surface area contributed by atoms with Crippen LogP contribution in [0.2, 0.25) is 0 Å². The molecule has 6 nitrogen and oxygen atoms in total. The third-order valence-corrected chi connectivity index (χ3v) is 2.32. The van der Waals surface area contributed by atoms with Crippen LogP contribution in [-0.2, 0) is 9.53 Å². The summed E-state index contributed by atoms with van der Waals surface area (Å²) >= 11 is 0. The van der Waals surface area contributed by atoms with Crippen LogP contribution in [0.15, 0.2) is 12.1 Å². The number of ether oxygens (including phenoxy) is 3. The van der Waals surface area contributed by atoms with E-state index < -0.39 is 25.3 Å². The van der Waals surface area contributed by atoms with E-state index >= 15 is 0 Å². The molecule has 0 saturated heterocycles. The molecule has 0 unspecified atom stereocenters. The fourth-order valence-corrected chi connectivity index (χ4v) is 1.51. The number of hydrogen-bond acceptors (Lipinski definition) is 5. The highest BCUT2D eigenvalue weighted by Gasteiger charge is 2.27. The molecule has 1 aromatic rings. The van der Waals surface area contributed by atoms with E-state index in [0.717, 1.165) is 0 Å². The number of anilines is 2. The van der Waals surface area contributed by atoms with Crippen molar-refractivity contribution in [1.29, 1.82) is 0 Å². The Morgan fingerprint density at radius 2 is 1.95 bits per heavy atom. The zero-order valence-corrected chi connectivity index (χ0v) is 11.3. The van der Waals surface area contributed by atoms with E-state index in [9.17, 15) is 18.0 Å². The molecule has 0 aliphatic carbocycles. The van der Waals surface area contributed by atoms with Crippen molar-refractivity contribution in [1.82, 2.24) is 0 Å². The first-order chi connectivity index (χ1) is 9.35. The van der Waals surface area contributed by atoms with E-state index in [1.165, 1.54) is 12.1 Å². The molecule has 1 aliphatic heterocycles.